The minimum absolute atomic E-state index is 0.0338. The van der Waals surface area contributed by atoms with E-state index in [1.807, 2.05) is 0 Å². The molecule has 0 aliphatic rings. The van der Waals surface area contributed by atoms with E-state index in [1.165, 1.54) is 13.0 Å². The van der Waals surface area contributed by atoms with Crippen molar-refractivity contribution in [2.24, 2.45) is 0 Å². The average Bonchev–Trinajstić information content (AvgIpc) is 2.29. The molecule has 0 aromatic heterocycles. The zero-order valence-electron chi connectivity index (χ0n) is 9.47. The van der Waals surface area contributed by atoms with Crippen molar-refractivity contribution in [1.82, 2.24) is 0 Å². The van der Waals surface area contributed by atoms with E-state index in [4.69, 9.17) is 10.2 Å². The van der Waals surface area contributed by atoms with Gasteiger partial charge in [0.1, 0.15) is 5.75 Å². The number of aliphatic hydroxyl groups is 2. The molecule has 94 valence electrons. The number of phenols is 1. The molecule has 6 nitrogen and oxygen atoms in total. The Morgan fingerprint density at radius 2 is 2.18 bits per heavy atom. The van der Waals surface area contributed by atoms with Crippen LogP contribution >= 0.6 is 0 Å². The van der Waals surface area contributed by atoms with E-state index in [9.17, 15) is 9.90 Å². The Balaban J connectivity index is 2.71. The second-order valence-corrected chi connectivity index (χ2v) is 3.63. The van der Waals surface area contributed by atoms with Crippen LogP contribution in [0.2, 0.25) is 0 Å². The average molecular weight is 240 g/mol. The molecule has 17 heavy (non-hydrogen) atoms. The Bertz CT molecular complexity index is 395. The third-order valence-electron chi connectivity index (χ3n) is 2.06. The summed E-state index contributed by atoms with van der Waals surface area (Å²) in [6.07, 6.45) is -0.854. The molecule has 0 aliphatic heterocycles. The number of nitrogens with one attached hydrogen (secondary N) is 2. The van der Waals surface area contributed by atoms with Crippen molar-refractivity contribution in [3.05, 3.63) is 18.2 Å². The number of aliphatic hydroxyl groups excluding tert-OH is 2. The van der Waals surface area contributed by atoms with Gasteiger partial charge >= 0.3 is 0 Å². The van der Waals surface area contributed by atoms with E-state index < -0.39 is 6.10 Å². The molecule has 1 unspecified atom stereocenters. The summed E-state index contributed by atoms with van der Waals surface area (Å²) < 4.78 is 0. The first-order chi connectivity index (χ1) is 8.02. The molecular weight excluding hydrogens is 224 g/mol. The lowest BCUT2D eigenvalue weighted by molar-refractivity contribution is -0.114. The molecule has 0 bridgehead atoms. The first kappa shape index (κ1) is 13.3. The van der Waals surface area contributed by atoms with Gasteiger partial charge in [0.2, 0.25) is 5.91 Å². The number of anilines is 2. The van der Waals surface area contributed by atoms with Crippen LogP contribution < -0.4 is 10.6 Å². The van der Waals surface area contributed by atoms with Gasteiger partial charge < -0.3 is 26.0 Å². The lowest BCUT2D eigenvalue weighted by atomic mass is 10.2. The van der Waals surface area contributed by atoms with Gasteiger partial charge in [-0.3, -0.25) is 4.79 Å². The van der Waals surface area contributed by atoms with Gasteiger partial charge in [-0.25, -0.2) is 0 Å². The van der Waals surface area contributed by atoms with E-state index in [2.05, 4.69) is 10.6 Å². The zero-order valence-corrected chi connectivity index (χ0v) is 9.47. The van der Waals surface area contributed by atoms with Crippen molar-refractivity contribution >= 4 is 17.3 Å². The molecule has 5 N–H and O–H groups in total. The van der Waals surface area contributed by atoms with E-state index in [-0.39, 0.29) is 24.8 Å². The lowest BCUT2D eigenvalue weighted by Gasteiger charge is -2.12. The topological polar surface area (TPSA) is 102 Å². The molecule has 1 rings (SSSR count). The quantitative estimate of drug-likeness (QED) is 0.371. The van der Waals surface area contributed by atoms with Gasteiger partial charge in [0.05, 0.1) is 18.4 Å². The highest BCUT2D eigenvalue weighted by molar-refractivity contribution is 5.91. The maximum absolute atomic E-state index is 10.9. The largest absolute Gasteiger partial charge is 0.506 e. The number of rotatable bonds is 5. The SMILES string of the molecule is CC(=O)Nc1cc(NCC(O)CO)ccc1O. The van der Waals surface area contributed by atoms with Crippen LogP contribution in [0.3, 0.4) is 0 Å². The summed E-state index contributed by atoms with van der Waals surface area (Å²) in [5, 5.41) is 32.6. The summed E-state index contributed by atoms with van der Waals surface area (Å²) in [7, 11) is 0. The van der Waals surface area contributed by atoms with E-state index in [0.29, 0.717) is 11.4 Å². The van der Waals surface area contributed by atoms with Crippen molar-refractivity contribution in [1.29, 1.82) is 0 Å². The monoisotopic (exact) mass is 240 g/mol. The normalized spacial score (nSPS) is 11.9. The second-order valence-electron chi connectivity index (χ2n) is 3.63. The first-order valence-corrected chi connectivity index (χ1v) is 5.16. The summed E-state index contributed by atoms with van der Waals surface area (Å²) in [5.74, 6) is -0.318. The highest BCUT2D eigenvalue weighted by Crippen LogP contribution is 2.26. The summed E-state index contributed by atoms with van der Waals surface area (Å²) in [5.41, 5.74) is 0.917. The molecule has 0 radical (unpaired) electrons. The van der Waals surface area contributed by atoms with Crippen LogP contribution in [-0.4, -0.2) is 40.5 Å². The minimum atomic E-state index is -0.854. The molecule has 1 amide bonds. The van der Waals surface area contributed by atoms with Crippen molar-refractivity contribution in [3.8, 4) is 5.75 Å². The van der Waals surface area contributed by atoms with E-state index in [1.54, 1.807) is 12.1 Å². The molecule has 1 aromatic rings. The number of benzene rings is 1. The molecule has 6 heteroatoms. The molecule has 0 heterocycles. The smallest absolute Gasteiger partial charge is 0.221 e. The fraction of sp³-hybridized carbons (Fsp3) is 0.364. The fourth-order valence-corrected chi connectivity index (χ4v) is 1.24. The van der Waals surface area contributed by atoms with Crippen molar-refractivity contribution in [3.63, 3.8) is 0 Å². The maximum Gasteiger partial charge on any atom is 0.221 e. The molecule has 0 saturated heterocycles. The number of aromatic hydroxyl groups is 1. The summed E-state index contributed by atoms with van der Waals surface area (Å²) in [6, 6.07) is 4.57. The number of phenolic OH excluding ortho intramolecular Hbond substituents is 1. The minimum Gasteiger partial charge on any atom is -0.506 e. The third-order valence-corrected chi connectivity index (χ3v) is 2.06. The number of hydrogen-bond acceptors (Lipinski definition) is 5. The van der Waals surface area contributed by atoms with Crippen molar-refractivity contribution in [2.75, 3.05) is 23.8 Å². The number of amides is 1. The Labute approximate surface area is 98.9 Å². The Hall–Kier alpha value is -1.79. The van der Waals surface area contributed by atoms with Gasteiger partial charge in [-0.2, -0.15) is 0 Å². The Morgan fingerprint density at radius 1 is 1.47 bits per heavy atom. The predicted octanol–water partition coefficient (Wildman–Crippen LogP) is 0.116. The van der Waals surface area contributed by atoms with E-state index >= 15 is 0 Å². The van der Waals surface area contributed by atoms with Gasteiger partial charge in [-0.05, 0) is 18.2 Å². The molecule has 0 fully saturated rings. The first-order valence-electron chi connectivity index (χ1n) is 5.16. The summed E-state index contributed by atoms with van der Waals surface area (Å²) in [6.45, 7) is 1.19. The van der Waals surface area contributed by atoms with Gasteiger partial charge in [0, 0.05) is 19.2 Å². The Kier molecular flexibility index (Phi) is 4.74. The molecule has 1 aromatic carbocycles. The van der Waals surface area contributed by atoms with Crippen molar-refractivity contribution in [2.45, 2.75) is 13.0 Å². The third kappa shape index (κ3) is 4.29. The van der Waals surface area contributed by atoms with Crippen LogP contribution in [0.1, 0.15) is 6.92 Å². The van der Waals surface area contributed by atoms with Crippen molar-refractivity contribution < 1.29 is 20.1 Å². The molecule has 0 spiro atoms. The van der Waals surface area contributed by atoms with Gasteiger partial charge in [0.25, 0.3) is 0 Å². The number of carbonyl (C=O) groups is 1. The van der Waals surface area contributed by atoms with Gasteiger partial charge in [0.15, 0.2) is 0 Å². The standard InChI is InChI=1S/C11H16N2O4/c1-7(15)13-10-4-8(2-3-11(10)17)12-5-9(16)6-14/h2-4,9,12,14,16-17H,5-6H2,1H3,(H,13,15). The van der Waals surface area contributed by atoms with Gasteiger partial charge in [-0.1, -0.05) is 0 Å². The maximum atomic E-state index is 10.9. The number of carbonyl (C=O) groups excluding carboxylic acids is 1. The van der Waals surface area contributed by atoms with Crippen LogP contribution in [0.15, 0.2) is 18.2 Å². The predicted molar refractivity (Wildman–Crippen MR) is 64.0 cm³/mol. The Morgan fingerprint density at radius 3 is 2.76 bits per heavy atom. The highest BCUT2D eigenvalue weighted by atomic mass is 16.3. The summed E-state index contributed by atoms with van der Waals surface area (Å²) in [4.78, 5) is 10.9. The number of hydrogen-bond donors (Lipinski definition) is 5. The zero-order chi connectivity index (χ0) is 12.8. The van der Waals surface area contributed by atoms with Crippen LogP contribution in [0.25, 0.3) is 0 Å². The fourth-order valence-electron chi connectivity index (χ4n) is 1.24. The molecule has 0 aliphatic carbocycles. The second kappa shape index (κ2) is 6.07. The molecule has 1 atom stereocenters. The van der Waals surface area contributed by atoms with Crippen LogP contribution in [0.4, 0.5) is 11.4 Å². The van der Waals surface area contributed by atoms with Crippen LogP contribution in [-0.2, 0) is 4.79 Å². The highest BCUT2D eigenvalue weighted by Gasteiger charge is 2.06. The van der Waals surface area contributed by atoms with Gasteiger partial charge in [-0.15, -0.1) is 0 Å². The summed E-state index contributed by atoms with van der Waals surface area (Å²) >= 11 is 0. The van der Waals surface area contributed by atoms with Crippen LogP contribution in [0, 0.1) is 0 Å². The molecule has 0 saturated carbocycles. The van der Waals surface area contributed by atoms with E-state index in [0.717, 1.165) is 0 Å². The van der Waals surface area contributed by atoms with Crippen LogP contribution in [0.5, 0.6) is 5.75 Å². The molecular formula is C11H16N2O4. The lowest BCUT2D eigenvalue weighted by Crippen LogP contribution is -2.22.